The fourth-order valence-electron chi connectivity index (χ4n) is 2.20. The normalized spacial score (nSPS) is 10.9. The first-order valence-corrected chi connectivity index (χ1v) is 7.19. The highest BCUT2D eigenvalue weighted by atomic mass is 35.5. The summed E-state index contributed by atoms with van der Waals surface area (Å²) in [6.45, 7) is 8.12. The van der Waals surface area contributed by atoms with Crippen LogP contribution in [0.4, 0.5) is 0 Å². The number of hydrogen-bond donors (Lipinski definition) is 0. The largest absolute Gasteiger partial charge is 0.289 e. The third-order valence-corrected chi connectivity index (χ3v) is 4.00. The number of carbonyl (C=O) groups is 1. The Morgan fingerprint density at radius 2 is 1.60 bits per heavy atom. The molecule has 0 N–H and O–H groups in total. The van der Waals surface area contributed by atoms with Gasteiger partial charge in [-0.15, -0.1) is 0 Å². The minimum Gasteiger partial charge on any atom is -0.289 e. The SMILES string of the molecule is Cc1cc(C(=O)c2ccc(C(C)C)cc2)c(C)cc1Cl. The minimum absolute atomic E-state index is 0.0533. The van der Waals surface area contributed by atoms with Crippen molar-refractivity contribution in [2.24, 2.45) is 0 Å². The van der Waals surface area contributed by atoms with Crippen LogP contribution in [0.15, 0.2) is 36.4 Å². The van der Waals surface area contributed by atoms with E-state index in [0.717, 1.165) is 22.3 Å². The Morgan fingerprint density at radius 3 is 2.15 bits per heavy atom. The second-order valence-electron chi connectivity index (χ2n) is 5.52. The van der Waals surface area contributed by atoms with Crippen LogP contribution >= 0.6 is 11.6 Å². The molecule has 104 valence electrons. The Labute approximate surface area is 125 Å². The molecule has 0 amide bonds. The molecule has 0 aliphatic carbocycles. The van der Waals surface area contributed by atoms with Gasteiger partial charge in [-0.25, -0.2) is 0 Å². The number of ketones is 1. The molecule has 0 spiro atoms. The maximum Gasteiger partial charge on any atom is 0.193 e. The lowest BCUT2D eigenvalue weighted by Gasteiger charge is -2.10. The lowest BCUT2D eigenvalue weighted by molar-refractivity contribution is 0.103. The Kier molecular flexibility index (Phi) is 4.29. The summed E-state index contributed by atoms with van der Waals surface area (Å²) in [6, 6.07) is 11.6. The van der Waals surface area contributed by atoms with Gasteiger partial charge in [0.2, 0.25) is 0 Å². The first kappa shape index (κ1) is 14.8. The predicted molar refractivity (Wildman–Crippen MR) is 84.9 cm³/mol. The summed E-state index contributed by atoms with van der Waals surface area (Å²) < 4.78 is 0. The van der Waals surface area contributed by atoms with Crippen LogP contribution in [-0.2, 0) is 0 Å². The van der Waals surface area contributed by atoms with Gasteiger partial charge in [-0.05, 0) is 48.6 Å². The first-order chi connectivity index (χ1) is 9.40. The van der Waals surface area contributed by atoms with Crippen molar-refractivity contribution >= 4 is 17.4 Å². The zero-order valence-electron chi connectivity index (χ0n) is 12.3. The van der Waals surface area contributed by atoms with Crippen LogP contribution in [0.2, 0.25) is 5.02 Å². The molecule has 0 atom stereocenters. The molecule has 2 aromatic rings. The van der Waals surface area contributed by atoms with Gasteiger partial charge in [-0.2, -0.15) is 0 Å². The standard InChI is InChI=1S/C18H19ClO/c1-11(2)14-5-7-15(8-6-14)18(20)16-9-13(4)17(19)10-12(16)3/h5-11H,1-4H3. The van der Waals surface area contributed by atoms with Gasteiger partial charge in [0.15, 0.2) is 5.78 Å². The molecule has 0 aliphatic rings. The summed E-state index contributed by atoms with van der Waals surface area (Å²) in [5, 5.41) is 0.703. The highest BCUT2D eigenvalue weighted by molar-refractivity contribution is 6.31. The van der Waals surface area contributed by atoms with Crippen molar-refractivity contribution in [1.82, 2.24) is 0 Å². The average molecular weight is 287 g/mol. The van der Waals surface area contributed by atoms with Gasteiger partial charge in [0.25, 0.3) is 0 Å². The maximum atomic E-state index is 12.6. The number of benzene rings is 2. The monoisotopic (exact) mass is 286 g/mol. The number of carbonyl (C=O) groups excluding carboxylic acids is 1. The summed E-state index contributed by atoms with van der Waals surface area (Å²) in [6.07, 6.45) is 0. The van der Waals surface area contributed by atoms with Gasteiger partial charge < -0.3 is 0 Å². The quantitative estimate of drug-likeness (QED) is 0.699. The summed E-state index contributed by atoms with van der Waals surface area (Å²) >= 11 is 6.08. The van der Waals surface area contributed by atoms with Crippen LogP contribution < -0.4 is 0 Å². The van der Waals surface area contributed by atoms with E-state index in [-0.39, 0.29) is 5.78 Å². The number of hydrogen-bond acceptors (Lipinski definition) is 1. The number of rotatable bonds is 3. The van der Waals surface area contributed by atoms with Crippen LogP contribution in [0.1, 0.15) is 52.4 Å². The smallest absolute Gasteiger partial charge is 0.193 e. The molecule has 0 bridgehead atoms. The molecule has 0 heterocycles. The highest BCUT2D eigenvalue weighted by Gasteiger charge is 2.13. The van der Waals surface area contributed by atoms with Crippen molar-refractivity contribution in [1.29, 1.82) is 0 Å². The maximum absolute atomic E-state index is 12.6. The van der Waals surface area contributed by atoms with E-state index in [4.69, 9.17) is 11.6 Å². The van der Waals surface area contributed by atoms with Gasteiger partial charge in [-0.3, -0.25) is 4.79 Å². The average Bonchev–Trinajstić information content (AvgIpc) is 2.42. The highest BCUT2D eigenvalue weighted by Crippen LogP contribution is 2.23. The molecule has 2 heteroatoms. The van der Waals surface area contributed by atoms with E-state index >= 15 is 0 Å². The Bertz CT molecular complexity index is 639. The number of halogens is 1. The van der Waals surface area contributed by atoms with Crippen LogP contribution in [-0.4, -0.2) is 5.78 Å². The van der Waals surface area contributed by atoms with E-state index in [1.807, 2.05) is 50.2 Å². The molecule has 0 aliphatic heterocycles. The number of aryl methyl sites for hydroxylation is 2. The van der Waals surface area contributed by atoms with Crippen molar-refractivity contribution in [3.63, 3.8) is 0 Å². The molecule has 0 fully saturated rings. The molecule has 0 unspecified atom stereocenters. The Morgan fingerprint density at radius 1 is 1.00 bits per heavy atom. The zero-order valence-corrected chi connectivity index (χ0v) is 13.1. The van der Waals surface area contributed by atoms with Crippen LogP contribution in [0.5, 0.6) is 0 Å². The molecule has 2 aromatic carbocycles. The molecule has 0 aromatic heterocycles. The van der Waals surface area contributed by atoms with E-state index in [9.17, 15) is 4.79 Å². The molecule has 2 rings (SSSR count). The van der Waals surface area contributed by atoms with Gasteiger partial charge in [0, 0.05) is 16.1 Å². The van der Waals surface area contributed by atoms with Crippen molar-refractivity contribution in [2.45, 2.75) is 33.6 Å². The summed E-state index contributed by atoms with van der Waals surface area (Å²) in [5.74, 6) is 0.524. The van der Waals surface area contributed by atoms with Crippen molar-refractivity contribution in [3.05, 3.63) is 69.2 Å². The molecule has 0 radical (unpaired) electrons. The molecular weight excluding hydrogens is 268 g/mol. The van der Waals surface area contributed by atoms with Gasteiger partial charge >= 0.3 is 0 Å². The second-order valence-corrected chi connectivity index (χ2v) is 5.93. The lowest BCUT2D eigenvalue weighted by atomic mass is 9.95. The van der Waals surface area contributed by atoms with Gasteiger partial charge in [-0.1, -0.05) is 49.7 Å². The van der Waals surface area contributed by atoms with E-state index in [1.54, 1.807) is 0 Å². The summed E-state index contributed by atoms with van der Waals surface area (Å²) in [5.41, 5.74) is 4.53. The fraction of sp³-hybridized carbons (Fsp3) is 0.278. The summed E-state index contributed by atoms with van der Waals surface area (Å²) in [4.78, 5) is 12.6. The zero-order chi connectivity index (χ0) is 14.9. The molecule has 0 saturated heterocycles. The van der Waals surface area contributed by atoms with E-state index in [2.05, 4.69) is 13.8 Å². The van der Waals surface area contributed by atoms with Crippen molar-refractivity contribution in [3.8, 4) is 0 Å². The molecule has 1 nitrogen and oxygen atoms in total. The third-order valence-electron chi connectivity index (χ3n) is 3.59. The van der Waals surface area contributed by atoms with Crippen LogP contribution in [0.3, 0.4) is 0 Å². The summed E-state index contributed by atoms with van der Waals surface area (Å²) in [7, 11) is 0. The Balaban J connectivity index is 2.38. The first-order valence-electron chi connectivity index (χ1n) is 6.81. The Hall–Kier alpha value is -1.60. The minimum atomic E-state index is 0.0533. The van der Waals surface area contributed by atoms with Crippen molar-refractivity contribution in [2.75, 3.05) is 0 Å². The van der Waals surface area contributed by atoms with E-state index in [1.165, 1.54) is 5.56 Å². The fourth-order valence-corrected chi connectivity index (χ4v) is 2.42. The second kappa shape index (κ2) is 5.80. The molecular formula is C18H19ClO. The van der Waals surface area contributed by atoms with Gasteiger partial charge in [0.1, 0.15) is 0 Å². The van der Waals surface area contributed by atoms with Crippen LogP contribution in [0.25, 0.3) is 0 Å². The van der Waals surface area contributed by atoms with E-state index in [0.29, 0.717) is 10.9 Å². The van der Waals surface area contributed by atoms with Gasteiger partial charge in [0.05, 0.1) is 0 Å². The molecule has 0 saturated carbocycles. The third kappa shape index (κ3) is 2.94. The lowest BCUT2D eigenvalue weighted by Crippen LogP contribution is -2.05. The molecule has 20 heavy (non-hydrogen) atoms. The predicted octanol–water partition coefficient (Wildman–Crippen LogP) is 5.31. The van der Waals surface area contributed by atoms with E-state index < -0.39 is 0 Å². The topological polar surface area (TPSA) is 17.1 Å². The van der Waals surface area contributed by atoms with Crippen LogP contribution in [0, 0.1) is 13.8 Å². The van der Waals surface area contributed by atoms with Crippen molar-refractivity contribution < 1.29 is 4.79 Å².